The van der Waals surface area contributed by atoms with Crippen LogP contribution in [-0.4, -0.2) is 15.5 Å². The van der Waals surface area contributed by atoms with Crippen LogP contribution in [0.2, 0.25) is 0 Å². The van der Waals surface area contributed by atoms with Gasteiger partial charge in [-0.15, -0.1) is 0 Å². The summed E-state index contributed by atoms with van der Waals surface area (Å²) in [6, 6.07) is 14.0. The number of nitrogens with two attached hydrogens (primary N) is 1. The fraction of sp³-hybridized carbons (Fsp3) is 0.200. The van der Waals surface area contributed by atoms with Crippen molar-refractivity contribution in [1.29, 1.82) is 0 Å². The van der Waals surface area contributed by atoms with Gasteiger partial charge in [-0.2, -0.15) is 0 Å². The maximum Gasteiger partial charge on any atom is 0.244 e. The van der Waals surface area contributed by atoms with Crippen molar-refractivity contribution in [1.82, 2.24) is 4.72 Å². The number of rotatable bonds is 6. The monoisotopic (exact) mass is 306 g/mol. The molecule has 2 rings (SSSR count). The van der Waals surface area contributed by atoms with Crippen molar-refractivity contribution >= 4 is 10.0 Å². The average molecular weight is 306 g/mol. The summed E-state index contributed by atoms with van der Waals surface area (Å²) in [6.07, 6.45) is 0. The van der Waals surface area contributed by atoms with Crippen LogP contribution < -0.4 is 15.2 Å². The second kappa shape index (κ2) is 6.71. The lowest BCUT2D eigenvalue weighted by atomic mass is 10.1. The second-order valence-electron chi connectivity index (χ2n) is 4.50. The lowest BCUT2D eigenvalue weighted by molar-refractivity contribution is 0.402. The van der Waals surface area contributed by atoms with Crippen molar-refractivity contribution in [3.8, 4) is 5.75 Å². The van der Waals surface area contributed by atoms with Crippen molar-refractivity contribution in [2.24, 2.45) is 5.73 Å². The Bertz CT molecular complexity index is 697. The number of para-hydroxylation sites is 1. The molecule has 0 saturated heterocycles. The number of sulfonamides is 1. The SMILES string of the molecule is COc1ccccc1S(=O)(=O)NCc1ccc(CN)cc1. The van der Waals surface area contributed by atoms with Crippen LogP contribution in [0.3, 0.4) is 0 Å². The molecule has 0 bridgehead atoms. The van der Waals surface area contributed by atoms with Crippen LogP contribution >= 0.6 is 0 Å². The third-order valence-electron chi connectivity index (χ3n) is 3.08. The zero-order chi connectivity index (χ0) is 15.3. The number of hydrogen-bond donors (Lipinski definition) is 2. The highest BCUT2D eigenvalue weighted by Crippen LogP contribution is 2.22. The van der Waals surface area contributed by atoms with Gasteiger partial charge < -0.3 is 10.5 Å². The van der Waals surface area contributed by atoms with Gasteiger partial charge in [0.25, 0.3) is 0 Å². The number of nitrogens with one attached hydrogen (secondary N) is 1. The Labute approximate surface area is 124 Å². The van der Waals surface area contributed by atoms with Crippen molar-refractivity contribution < 1.29 is 13.2 Å². The number of hydrogen-bond acceptors (Lipinski definition) is 4. The molecule has 0 heterocycles. The predicted molar refractivity (Wildman–Crippen MR) is 81.4 cm³/mol. The van der Waals surface area contributed by atoms with Gasteiger partial charge in [0.05, 0.1) is 7.11 Å². The van der Waals surface area contributed by atoms with Crippen molar-refractivity contribution in [2.75, 3.05) is 7.11 Å². The van der Waals surface area contributed by atoms with E-state index in [-0.39, 0.29) is 11.4 Å². The summed E-state index contributed by atoms with van der Waals surface area (Å²) in [5, 5.41) is 0. The van der Waals surface area contributed by atoms with Crippen molar-refractivity contribution in [3.05, 3.63) is 59.7 Å². The Hall–Kier alpha value is -1.89. The quantitative estimate of drug-likeness (QED) is 0.850. The molecule has 0 aromatic heterocycles. The molecule has 0 radical (unpaired) electrons. The number of methoxy groups -OCH3 is 1. The van der Waals surface area contributed by atoms with Gasteiger partial charge in [-0.3, -0.25) is 0 Å². The van der Waals surface area contributed by atoms with E-state index in [2.05, 4.69) is 4.72 Å². The highest BCUT2D eigenvalue weighted by Gasteiger charge is 2.18. The van der Waals surface area contributed by atoms with Crippen molar-refractivity contribution in [2.45, 2.75) is 18.0 Å². The van der Waals surface area contributed by atoms with Crippen LogP contribution in [0.4, 0.5) is 0 Å². The van der Waals surface area contributed by atoms with E-state index in [1.165, 1.54) is 13.2 Å². The Morgan fingerprint density at radius 1 is 1.05 bits per heavy atom. The summed E-state index contributed by atoms with van der Waals surface area (Å²) >= 11 is 0. The Kier molecular flexibility index (Phi) is 4.95. The Morgan fingerprint density at radius 3 is 2.29 bits per heavy atom. The molecule has 6 heteroatoms. The van der Waals surface area contributed by atoms with E-state index in [4.69, 9.17) is 10.5 Å². The van der Waals surface area contributed by atoms with Crippen LogP contribution in [0.5, 0.6) is 5.75 Å². The zero-order valence-corrected chi connectivity index (χ0v) is 12.6. The molecule has 112 valence electrons. The number of ether oxygens (including phenoxy) is 1. The fourth-order valence-electron chi connectivity index (χ4n) is 1.89. The molecule has 3 N–H and O–H groups in total. The van der Waals surface area contributed by atoms with Gasteiger partial charge in [0, 0.05) is 13.1 Å². The topological polar surface area (TPSA) is 81.4 Å². The molecule has 0 unspecified atom stereocenters. The van der Waals surface area contributed by atoms with Crippen LogP contribution in [-0.2, 0) is 23.1 Å². The second-order valence-corrected chi connectivity index (χ2v) is 6.23. The first-order chi connectivity index (χ1) is 10.1. The van der Waals surface area contributed by atoms with E-state index in [9.17, 15) is 8.42 Å². The van der Waals surface area contributed by atoms with E-state index >= 15 is 0 Å². The van der Waals surface area contributed by atoms with Crippen LogP contribution in [0.1, 0.15) is 11.1 Å². The maximum absolute atomic E-state index is 12.3. The molecular weight excluding hydrogens is 288 g/mol. The summed E-state index contributed by atoms with van der Waals surface area (Å²) in [6.45, 7) is 0.679. The summed E-state index contributed by atoms with van der Waals surface area (Å²) in [4.78, 5) is 0.131. The molecule has 0 aliphatic rings. The van der Waals surface area contributed by atoms with Gasteiger partial charge in [-0.05, 0) is 23.3 Å². The van der Waals surface area contributed by atoms with Gasteiger partial charge in [-0.25, -0.2) is 13.1 Å². The molecule has 0 amide bonds. The molecule has 0 aliphatic heterocycles. The lowest BCUT2D eigenvalue weighted by Crippen LogP contribution is -2.23. The van der Waals surface area contributed by atoms with E-state index in [1.807, 2.05) is 24.3 Å². The molecule has 0 saturated carbocycles. The van der Waals surface area contributed by atoms with Crippen molar-refractivity contribution in [3.63, 3.8) is 0 Å². The van der Waals surface area contributed by atoms with Gasteiger partial charge >= 0.3 is 0 Å². The van der Waals surface area contributed by atoms with Crippen LogP contribution in [0.25, 0.3) is 0 Å². The van der Waals surface area contributed by atoms with Gasteiger partial charge in [-0.1, -0.05) is 36.4 Å². The largest absolute Gasteiger partial charge is 0.495 e. The minimum atomic E-state index is -3.62. The van der Waals surface area contributed by atoms with E-state index < -0.39 is 10.0 Å². The van der Waals surface area contributed by atoms with Crippen LogP contribution in [0, 0.1) is 0 Å². The van der Waals surface area contributed by atoms with E-state index in [0.717, 1.165) is 11.1 Å². The molecule has 2 aromatic rings. The standard InChI is InChI=1S/C15H18N2O3S/c1-20-14-4-2-3-5-15(14)21(18,19)17-11-13-8-6-12(10-16)7-9-13/h2-9,17H,10-11,16H2,1H3. The first-order valence-electron chi connectivity index (χ1n) is 6.47. The fourth-order valence-corrected chi connectivity index (χ4v) is 3.08. The number of benzene rings is 2. The Balaban J connectivity index is 2.13. The molecule has 0 spiro atoms. The molecular formula is C15H18N2O3S. The van der Waals surface area contributed by atoms with Gasteiger partial charge in [0.2, 0.25) is 10.0 Å². The lowest BCUT2D eigenvalue weighted by Gasteiger charge is -2.10. The predicted octanol–water partition coefficient (Wildman–Crippen LogP) is 1.63. The zero-order valence-electron chi connectivity index (χ0n) is 11.7. The highest BCUT2D eigenvalue weighted by atomic mass is 32.2. The van der Waals surface area contributed by atoms with Gasteiger partial charge in [0.1, 0.15) is 10.6 Å². The summed E-state index contributed by atoms with van der Waals surface area (Å²) in [5.74, 6) is 0.323. The molecule has 21 heavy (non-hydrogen) atoms. The molecule has 0 atom stereocenters. The first-order valence-corrected chi connectivity index (χ1v) is 7.95. The summed E-state index contributed by atoms with van der Waals surface area (Å²) in [5.41, 5.74) is 7.40. The maximum atomic E-state index is 12.3. The summed E-state index contributed by atoms with van der Waals surface area (Å²) in [7, 11) is -2.17. The highest BCUT2D eigenvalue weighted by molar-refractivity contribution is 7.89. The van der Waals surface area contributed by atoms with Crippen LogP contribution in [0.15, 0.2) is 53.4 Å². The first kappa shape index (κ1) is 15.5. The molecule has 5 nitrogen and oxygen atoms in total. The Morgan fingerprint density at radius 2 is 1.67 bits per heavy atom. The molecule has 0 aliphatic carbocycles. The smallest absolute Gasteiger partial charge is 0.244 e. The molecule has 0 fully saturated rings. The normalized spacial score (nSPS) is 11.3. The van der Waals surface area contributed by atoms with E-state index in [1.54, 1.807) is 18.2 Å². The average Bonchev–Trinajstić information content (AvgIpc) is 2.53. The minimum Gasteiger partial charge on any atom is -0.495 e. The summed E-state index contributed by atoms with van der Waals surface area (Å²) < 4.78 is 32.2. The molecule has 2 aromatic carbocycles. The third kappa shape index (κ3) is 3.81. The minimum absolute atomic E-state index is 0.131. The third-order valence-corrected chi connectivity index (χ3v) is 4.52. The van der Waals surface area contributed by atoms with E-state index in [0.29, 0.717) is 12.3 Å². The van der Waals surface area contributed by atoms with Gasteiger partial charge in [0.15, 0.2) is 0 Å².